The van der Waals surface area contributed by atoms with Crippen LogP contribution < -0.4 is 5.32 Å². The molecule has 0 fully saturated rings. The summed E-state index contributed by atoms with van der Waals surface area (Å²) in [6.07, 6.45) is 0.726. The molecule has 3 aromatic rings. The van der Waals surface area contributed by atoms with E-state index < -0.39 is 9.84 Å². The highest BCUT2D eigenvalue weighted by molar-refractivity contribution is 7.99. The number of benzene rings is 2. The molecule has 1 heterocycles. The first kappa shape index (κ1) is 21.1. The number of hydrogen-bond donors (Lipinski definition) is 1. The molecule has 0 unspecified atom stereocenters. The van der Waals surface area contributed by atoms with Crippen molar-refractivity contribution in [3.8, 4) is 0 Å². The summed E-state index contributed by atoms with van der Waals surface area (Å²) in [4.78, 5) is 13.3. The van der Waals surface area contributed by atoms with Crippen LogP contribution in [0.3, 0.4) is 0 Å². The Hall–Kier alpha value is -2.58. The summed E-state index contributed by atoms with van der Waals surface area (Å²) in [6, 6.07) is 17.3. The van der Waals surface area contributed by atoms with Crippen LogP contribution in [0.15, 0.2) is 80.9 Å². The molecule has 2 aromatic carbocycles. The van der Waals surface area contributed by atoms with Gasteiger partial charge in [0, 0.05) is 11.4 Å². The normalized spacial score (nSPS) is 11.3. The minimum absolute atomic E-state index is 0.0782. The van der Waals surface area contributed by atoms with Crippen LogP contribution in [0.1, 0.15) is 22.7 Å². The molecular formula is C21H20FNO4S2. The number of rotatable bonds is 9. The van der Waals surface area contributed by atoms with Gasteiger partial charge in [-0.1, -0.05) is 18.2 Å². The van der Waals surface area contributed by atoms with Crippen LogP contribution in [0, 0.1) is 5.82 Å². The number of sulfone groups is 1. The van der Waals surface area contributed by atoms with E-state index in [-0.39, 0.29) is 33.9 Å². The van der Waals surface area contributed by atoms with Crippen molar-refractivity contribution in [1.29, 1.82) is 0 Å². The molecule has 0 aliphatic rings. The van der Waals surface area contributed by atoms with Crippen LogP contribution in [0.5, 0.6) is 0 Å². The summed E-state index contributed by atoms with van der Waals surface area (Å²) in [5.74, 6) is 0.0972. The van der Waals surface area contributed by atoms with E-state index >= 15 is 0 Å². The number of nitrogens with one attached hydrogen (secondary N) is 1. The van der Waals surface area contributed by atoms with Crippen molar-refractivity contribution in [2.24, 2.45) is 0 Å². The van der Waals surface area contributed by atoms with E-state index in [2.05, 4.69) is 5.32 Å². The second kappa shape index (κ2) is 9.76. The molecule has 1 amide bonds. The third-order valence-electron chi connectivity index (χ3n) is 4.01. The highest BCUT2D eigenvalue weighted by atomic mass is 32.2. The Morgan fingerprint density at radius 2 is 1.72 bits per heavy atom. The van der Waals surface area contributed by atoms with Crippen molar-refractivity contribution in [3.63, 3.8) is 0 Å². The van der Waals surface area contributed by atoms with Gasteiger partial charge >= 0.3 is 0 Å². The smallest absolute Gasteiger partial charge is 0.286 e. The van der Waals surface area contributed by atoms with Crippen molar-refractivity contribution in [3.05, 3.63) is 84.1 Å². The lowest BCUT2D eigenvalue weighted by Crippen LogP contribution is -2.24. The molecule has 0 spiro atoms. The Labute approximate surface area is 173 Å². The maximum absolute atomic E-state index is 12.9. The summed E-state index contributed by atoms with van der Waals surface area (Å²) in [5, 5.41) is 2.75. The number of thioether (sulfide) groups is 1. The van der Waals surface area contributed by atoms with E-state index in [9.17, 15) is 17.6 Å². The van der Waals surface area contributed by atoms with E-state index in [1.54, 1.807) is 42.1 Å². The van der Waals surface area contributed by atoms with Gasteiger partial charge in [0.2, 0.25) is 0 Å². The number of amides is 1. The summed E-state index contributed by atoms with van der Waals surface area (Å²) in [6.45, 7) is 0.450. The fourth-order valence-corrected chi connectivity index (χ4v) is 4.68. The van der Waals surface area contributed by atoms with E-state index in [0.717, 1.165) is 17.1 Å². The zero-order valence-electron chi connectivity index (χ0n) is 15.5. The molecule has 5 nitrogen and oxygen atoms in total. The van der Waals surface area contributed by atoms with Gasteiger partial charge in [0.15, 0.2) is 15.6 Å². The summed E-state index contributed by atoms with van der Waals surface area (Å²) in [5.41, 5.74) is 0. The minimum Gasteiger partial charge on any atom is -0.455 e. The molecule has 8 heteroatoms. The molecule has 3 rings (SSSR count). The van der Waals surface area contributed by atoms with Gasteiger partial charge < -0.3 is 9.73 Å². The van der Waals surface area contributed by atoms with Crippen molar-refractivity contribution in [1.82, 2.24) is 5.32 Å². The van der Waals surface area contributed by atoms with E-state index in [1.807, 2.05) is 0 Å². The highest BCUT2D eigenvalue weighted by Crippen LogP contribution is 2.19. The quantitative estimate of drug-likeness (QED) is 0.402. The Balaban J connectivity index is 1.45. The molecule has 0 saturated heterocycles. The Kier molecular flexibility index (Phi) is 7.11. The number of furan rings is 1. The van der Waals surface area contributed by atoms with Crippen LogP contribution in [0.2, 0.25) is 0 Å². The van der Waals surface area contributed by atoms with Gasteiger partial charge in [-0.05, 0) is 60.7 Å². The lowest BCUT2D eigenvalue weighted by atomic mass is 10.3. The van der Waals surface area contributed by atoms with Crippen LogP contribution in [0.25, 0.3) is 0 Å². The van der Waals surface area contributed by atoms with Gasteiger partial charge in [-0.3, -0.25) is 4.79 Å². The first-order valence-corrected chi connectivity index (χ1v) is 11.6. The van der Waals surface area contributed by atoms with Crippen molar-refractivity contribution in [2.75, 3.05) is 12.3 Å². The Bertz CT molecular complexity index is 1050. The van der Waals surface area contributed by atoms with Gasteiger partial charge in [-0.15, -0.1) is 11.8 Å². The summed E-state index contributed by atoms with van der Waals surface area (Å²) < 4.78 is 43.0. The fourth-order valence-electron chi connectivity index (χ4n) is 2.56. The zero-order chi connectivity index (χ0) is 20.7. The van der Waals surface area contributed by atoms with Crippen LogP contribution >= 0.6 is 11.8 Å². The largest absolute Gasteiger partial charge is 0.455 e. The molecule has 0 radical (unpaired) electrons. The molecule has 29 heavy (non-hydrogen) atoms. The van der Waals surface area contributed by atoms with Crippen LogP contribution in [0.4, 0.5) is 4.39 Å². The van der Waals surface area contributed by atoms with Crippen molar-refractivity contribution < 1.29 is 22.0 Å². The Morgan fingerprint density at radius 1 is 1.00 bits per heavy atom. The van der Waals surface area contributed by atoms with Gasteiger partial charge in [0.1, 0.15) is 17.3 Å². The number of halogens is 1. The molecule has 152 valence electrons. The second-order valence-corrected chi connectivity index (χ2v) is 9.41. The van der Waals surface area contributed by atoms with Crippen molar-refractivity contribution in [2.45, 2.75) is 22.0 Å². The van der Waals surface area contributed by atoms with E-state index in [0.29, 0.717) is 6.54 Å². The number of carbonyl (C=O) groups excluding carboxylic acids is 1. The molecule has 0 atom stereocenters. The van der Waals surface area contributed by atoms with E-state index in [1.165, 1.54) is 36.4 Å². The standard InChI is InChI=1S/C21H20FNO4S2/c22-16-7-10-18(11-8-16)28-14-4-13-23-21(24)20-12-9-17(27-20)15-29(25,26)19-5-2-1-3-6-19/h1-3,5-12H,4,13-15H2,(H,23,24). The van der Waals surface area contributed by atoms with E-state index in [4.69, 9.17) is 4.42 Å². The van der Waals surface area contributed by atoms with Crippen LogP contribution in [-0.4, -0.2) is 26.6 Å². The number of carbonyl (C=O) groups is 1. The molecule has 1 N–H and O–H groups in total. The third kappa shape index (κ3) is 6.20. The SMILES string of the molecule is O=C(NCCCSc1ccc(F)cc1)c1ccc(CS(=O)(=O)c2ccccc2)o1. The maximum Gasteiger partial charge on any atom is 0.286 e. The lowest BCUT2D eigenvalue weighted by molar-refractivity contribution is 0.0924. The fraction of sp³-hybridized carbons (Fsp3) is 0.190. The topological polar surface area (TPSA) is 76.4 Å². The molecule has 0 bridgehead atoms. The molecular weight excluding hydrogens is 413 g/mol. The van der Waals surface area contributed by atoms with Crippen LogP contribution in [-0.2, 0) is 15.6 Å². The highest BCUT2D eigenvalue weighted by Gasteiger charge is 2.19. The molecule has 0 aliphatic carbocycles. The summed E-state index contributed by atoms with van der Waals surface area (Å²) >= 11 is 1.58. The monoisotopic (exact) mass is 433 g/mol. The van der Waals surface area contributed by atoms with Gasteiger partial charge in [0.05, 0.1) is 4.90 Å². The number of hydrogen-bond acceptors (Lipinski definition) is 5. The predicted octanol–water partition coefficient (Wildman–Crippen LogP) is 4.30. The van der Waals surface area contributed by atoms with Gasteiger partial charge in [0.25, 0.3) is 5.91 Å². The maximum atomic E-state index is 12.9. The average molecular weight is 434 g/mol. The molecule has 0 saturated carbocycles. The average Bonchev–Trinajstić information content (AvgIpc) is 3.17. The Morgan fingerprint density at radius 3 is 2.45 bits per heavy atom. The second-order valence-electron chi connectivity index (χ2n) is 6.25. The predicted molar refractivity (Wildman–Crippen MR) is 110 cm³/mol. The molecule has 0 aliphatic heterocycles. The first-order valence-electron chi connectivity index (χ1n) is 8.97. The summed E-state index contributed by atoms with van der Waals surface area (Å²) in [7, 11) is -3.53. The molecule has 1 aromatic heterocycles. The lowest BCUT2D eigenvalue weighted by Gasteiger charge is -2.04. The van der Waals surface area contributed by atoms with Gasteiger partial charge in [-0.2, -0.15) is 0 Å². The van der Waals surface area contributed by atoms with Crippen molar-refractivity contribution >= 4 is 27.5 Å². The minimum atomic E-state index is -3.53. The van der Waals surface area contributed by atoms with Gasteiger partial charge in [-0.25, -0.2) is 12.8 Å². The third-order valence-corrected chi connectivity index (χ3v) is 6.76. The first-order chi connectivity index (χ1) is 13.9. The zero-order valence-corrected chi connectivity index (χ0v) is 17.1.